The van der Waals surface area contributed by atoms with Crippen molar-refractivity contribution in [3.8, 4) is 0 Å². The van der Waals surface area contributed by atoms with Gasteiger partial charge in [0.2, 0.25) is 15.9 Å². The number of ether oxygens (including phenoxy) is 1. The fourth-order valence-corrected chi connectivity index (χ4v) is 5.81. The SMILES string of the molecule is CC1(C)CS(=O)(=O)N(c2cccc(C(=O)NCC(C)(C)N3CCOCC3)c2)C1=O. The summed E-state index contributed by atoms with van der Waals surface area (Å²) in [5.74, 6) is -1.04. The molecule has 1 N–H and O–H groups in total. The highest BCUT2D eigenvalue weighted by molar-refractivity contribution is 7.94. The monoisotopic (exact) mass is 423 g/mol. The first-order chi connectivity index (χ1) is 13.4. The third kappa shape index (κ3) is 4.46. The van der Waals surface area contributed by atoms with Crippen LogP contribution in [0.4, 0.5) is 5.69 Å². The van der Waals surface area contributed by atoms with Gasteiger partial charge in [0.05, 0.1) is 30.1 Å². The molecule has 9 heteroatoms. The lowest BCUT2D eigenvalue weighted by molar-refractivity contribution is -0.123. The van der Waals surface area contributed by atoms with E-state index in [0.717, 1.165) is 17.4 Å². The Morgan fingerprint density at radius 1 is 1.24 bits per heavy atom. The van der Waals surface area contributed by atoms with Crippen LogP contribution in [0.2, 0.25) is 0 Å². The van der Waals surface area contributed by atoms with Crippen molar-refractivity contribution in [3.63, 3.8) is 0 Å². The average Bonchev–Trinajstić information content (AvgIpc) is 2.83. The highest BCUT2D eigenvalue weighted by atomic mass is 32.2. The van der Waals surface area contributed by atoms with Crippen LogP contribution in [0.1, 0.15) is 38.1 Å². The topological polar surface area (TPSA) is 96.0 Å². The fraction of sp³-hybridized carbons (Fsp3) is 0.600. The first kappa shape index (κ1) is 21.7. The van der Waals surface area contributed by atoms with E-state index >= 15 is 0 Å². The first-order valence-corrected chi connectivity index (χ1v) is 11.3. The maximum Gasteiger partial charge on any atom is 0.251 e. The standard InChI is InChI=1S/C20H29N3O5S/c1-19(2)14-29(26,27)23(18(19)25)16-7-5-6-15(12-16)17(24)21-13-20(3,4)22-8-10-28-11-9-22/h5-7,12H,8-11,13-14H2,1-4H3,(H,21,24). The van der Waals surface area contributed by atoms with Gasteiger partial charge in [-0.1, -0.05) is 6.07 Å². The number of nitrogens with zero attached hydrogens (tertiary/aromatic N) is 2. The van der Waals surface area contributed by atoms with Gasteiger partial charge in [0, 0.05) is 30.7 Å². The number of carbonyl (C=O) groups is 2. The third-order valence-electron chi connectivity index (χ3n) is 5.48. The number of carbonyl (C=O) groups excluding carboxylic acids is 2. The van der Waals surface area contributed by atoms with E-state index in [4.69, 9.17) is 4.74 Å². The Morgan fingerprint density at radius 3 is 2.48 bits per heavy atom. The molecule has 0 saturated carbocycles. The Morgan fingerprint density at radius 2 is 1.90 bits per heavy atom. The van der Waals surface area contributed by atoms with Crippen molar-refractivity contribution in [1.82, 2.24) is 10.2 Å². The van der Waals surface area contributed by atoms with Crippen LogP contribution in [0, 0.1) is 5.41 Å². The smallest absolute Gasteiger partial charge is 0.251 e. The second kappa shape index (κ2) is 7.70. The lowest BCUT2D eigenvalue weighted by atomic mass is 9.95. The van der Waals surface area contributed by atoms with Crippen molar-refractivity contribution < 1.29 is 22.7 Å². The summed E-state index contributed by atoms with van der Waals surface area (Å²) < 4.78 is 31.2. The van der Waals surface area contributed by atoms with Gasteiger partial charge in [-0.15, -0.1) is 0 Å². The molecule has 3 rings (SSSR count). The molecular formula is C20H29N3O5S. The normalized spacial score (nSPS) is 21.9. The maximum absolute atomic E-state index is 12.7. The molecule has 0 bridgehead atoms. The Hall–Kier alpha value is -1.97. The zero-order chi connectivity index (χ0) is 21.4. The van der Waals surface area contributed by atoms with Crippen molar-refractivity contribution in [2.45, 2.75) is 33.2 Å². The van der Waals surface area contributed by atoms with Gasteiger partial charge in [-0.2, -0.15) is 0 Å². The predicted molar refractivity (Wildman–Crippen MR) is 110 cm³/mol. The molecule has 160 valence electrons. The molecule has 0 unspecified atom stereocenters. The molecule has 29 heavy (non-hydrogen) atoms. The molecule has 2 aliphatic rings. The van der Waals surface area contributed by atoms with Crippen LogP contribution < -0.4 is 9.62 Å². The molecule has 2 saturated heterocycles. The molecule has 0 radical (unpaired) electrons. The van der Waals surface area contributed by atoms with Gasteiger partial charge in [0.15, 0.2) is 0 Å². The highest BCUT2D eigenvalue weighted by Gasteiger charge is 2.50. The summed E-state index contributed by atoms with van der Waals surface area (Å²) in [4.78, 5) is 27.6. The van der Waals surface area contributed by atoms with Crippen LogP contribution in [0.25, 0.3) is 0 Å². The third-order valence-corrected chi connectivity index (χ3v) is 7.50. The van der Waals surface area contributed by atoms with Gasteiger partial charge in [0.25, 0.3) is 5.91 Å². The van der Waals surface area contributed by atoms with Crippen LogP contribution in [0.3, 0.4) is 0 Å². The largest absolute Gasteiger partial charge is 0.379 e. The van der Waals surface area contributed by atoms with Gasteiger partial charge in [0.1, 0.15) is 0 Å². The molecule has 0 aromatic heterocycles. The predicted octanol–water partition coefficient (Wildman–Crippen LogP) is 1.23. The molecule has 2 heterocycles. The number of sulfonamides is 1. The molecular weight excluding hydrogens is 394 g/mol. The Labute approximate surface area is 172 Å². The van der Waals surface area contributed by atoms with Crippen molar-refractivity contribution in [2.75, 3.05) is 42.9 Å². The van der Waals surface area contributed by atoms with Gasteiger partial charge in [-0.05, 0) is 45.9 Å². The minimum Gasteiger partial charge on any atom is -0.379 e. The summed E-state index contributed by atoms with van der Waals surface area (Å²) in [5, 5.41) is 2.93. The van der Waals surface area contributed by atoms with Gasteiger partial charge in [-0.3, -0.25) is 14.5 Å². The van der Waals surface area contributed by atoms with E-state index in [1.54, 1.807) is 26.0 Å². The average molecular weight is 424 g/mol. The Kier molecular flexibility index (Phi) is 5.77. The summed E-state index contributed by atoms with van der Waals surface area (Å²) in [7, 11) is -3.76. The summed E-state index contributed by atoms with van der Waals surface area (Å²) in [5.41, 5.74) is -0.720. The number of morpholine rings is 1. The number of anilines is 1. The van der Waals surface area contributed by atoms with Crippen LogP contribution in [0.15, 0.2) is 24.3 Å². The van der Waals surface area contributed by atoms with E-state index in [-0.39, 0.29) is 22.9 Å². The zero-order valence-electron chi connectivity index (χ0n) is 17.4. The first-order valence-electron chi connectivity index (χ1n) is 9.73. The summed E-state index contributed by atoms with van der Waals surface area (Å²) in [6, 6.07) is 6.18. The number of amides is 2. The number of rotatable bonds is 5. The minimum absolute atomic E-state index is 0.195. The lowest BCUT2D eigenvalue weighted by Gasteiger charge is -2.40. The lowest BCUT2D eigenvalue weighted by Crippen LogP contribution is -2.55. The molecule has 1 aromatic carbocycles. The number of hydrogen-bond donors (Lipinski definition) is 1. The van der Waals surface area contributed by atoms with Crippen LogP contribution in [-0.4, -0.2) is 69.3 Å². The fourth-order valence-electron chi connectivity index (χ4n) is 3.71. The second-order valence-corrected chi connectivity index (χ2v) is 10.7. The second-order valence-electron chi connectivity index (χ2n) is 8.85. The quantitative estimate of drug-likeness (QED) is 0.765. The molecule has 0 aliphatic carbocycles. The number of nitrogens with one attached hydrogen (secondary N) is 1. The van der Waals surface area contributed by atoms with Crippen molar-refractivity contribution in [2.24, 2.45) is 5.41 Å². The Balaban J connectivity index is 1.74. The van der Waals surface area contributed by atoms with Crippen LogP contribution in [0.5, 0.6) is 0 Å². The maximum atomic E-state index is 12.7. The van der Waals surface area contributed by atoms with Gasteiger partial charge < -0.3 is 10.1 Å². The van der Waals surface area contributed by atoms with Crippen LogP contribution >= 0.6 is 0 Å². The van der Waals surface area contributed by atoms with E-state index in [0.29, 0.717) is 25.3 Å². The molecule has 2 amide bonds. The summed E-state index contributed by atoms with van der Waals surface area (Å²) in [6.45, 7) is 10.7. The van der Waals surface area contributed by atoms with Gasteiger partial charge >= 0.3 is 0 Å². The molecule has 8 nitrogen and oxygen atoms in total. The summed E-state index contributed by atoms with van der Waals surface area (Å²) in [6.07, 6.45) is 0. The highest BCUT2D eigenvalue weighted by Crippen LogP contribution is 2.35. The van der Waals surface area contributed by atoms with Crippen molar-refractivity contribution in [1.29, 1.82) is 0 Å². The number of hydrogen-bond acceptors (Lipinski definition) is 6. The van der Waals surface area contributed by atoms with E-state index in [9.17, 15) is 18.0 Å². The molecule has 2 fully saturated rings. The minimum atomic E-state index is -3.76. The Bertz CT molecular complexity index is 904. The van der Waals surface area contributed by atoms with Crippen molar-refractivity contribution in [3.05, 3.63) is 29.8 Å². The summed E-state index contributed by atoms with van der Waals surface area (Å²) >= 11 is 0. The van der Waals surface area contributed by atoms with E-state index in [1.807, 2.05) is 0 Å². The van der Waals surface area contributed by atoms with Crippen LogP contribution in [-0.2, 0) is 19.6 Å². The van der Waals surface area contributed by atoms with E-state index in [2.05, 4.69) is 24.1 Å². The van der Waals surface area contributed by atoms with Gasteiger partial charge in [-0.25, -0.2) is 12.7 Å². The van der Waals surface area contributed by atoms with E-state index < -0.39 is 21.3 Å². The number of benzene rings is 1. The van der Waals surface area contributed by atoms with Crippen molar-refractivity contribution >= 4 is 27.5 Å². The van der Waals surface area contributed by atoms with E-state index in [1.165, 1.54) is 12.1 Å². The molecule has 2 aliphatic heterocycles. The molecule has 1 aromatic rings. The zero-order valence-corrected chi connectivity index (χ0v) is 18.2. The molecule has 0 spiro atoms. The molecule has 0 atom stereocenters.